The fourth-order valence-corrected chi connectivity index (χ4v) is 10.4. The van der Waals surface area contributed by atoms with E-state index in [1.807, 2.05) is 26.0 Å². The average Bonchev–Trinajstić information content (AvgIpc) is 2.58. The maximum absolute atomic E-state index is 5.67. The van der Waals surface area contributed by atoms with Gasteiger partial charge in [-0.15, -0.1) is 0 Å². The van der Waals surface area contributed by atoms with Crippen LogP contribution >= 0.6 is 51.1 Å². The van der Waals surface area contributed by atoms with Gasteiger partial charge >= 0.3 is 0 Å². The molecule has 0 atom stereocenters. The molecule has 0 amide bonds. The number of rotatable bonds is 4. The van der Waals surface area contributed by atoms with Crippen molar-refractivity contribution < 1.29 is 9.47 Å². The molecular weight excluding hydrogens is 312 g/mol. The first-order valence-electron chi connectivity index (χ1n) is 5.14. The zero-order chi connectivity index (χ0) is 12.1. The molecule has 1 heterocycles. The Morgan fingerprint density at radius 3 is 1.71 bits per heavy atom. The summed E-state index contributed by atoms with van der Waals surface area (Å²) in [5, 5.41) is 0. The smallest absolute Gasteiger partial charge is 0.135 e. The highest BCUT2D eigenvalue weighted by Crippen LogP contribution is 2.62. The van der Waals surface area contributed by atoms with Gasteiger partial charge in [0.1, 0.15) is 11.5 Å². The van der Waals surface area contributed by atoms with Crippen LogP contribution in [0.25, 0.3) is 0 Å². The summed E-state index contributed by atoms with van der Waals surface area (Å²) in [6.45, 7) is 5.40. The van der Waals surface area contributed by atoms with Crippen LogP contribution in [0.5, 0.6) is 11.5 Å². The van der Waals surface area contributed by atoms with Crippen molar-refractivity contribution in [1.29, 1.82) is 0 Å². The number of ether oxygens (including phenoxy) is 2. The molecule has 7 heteroatoms. The van der Waals surface area contributed by atoms with Crippen molar-refractivity contribution in [2.24, 2.45) is 0 Å². The Bertz CT molecular complexity index is 350. The lowest BCUT2D eigenvalue weighted by atomic mass is 10.3. The second-order valence-electron chi connectivity index (χ2n) is 2.96. The maximum atomic E-state index is 5.67. The van der Waals surface area contributed by atoms with Crippen LogP contribution < -0.4 is 9.47 Å². The van der Waals surface area contributed by atoms with Gasteiger partial charge in [0, 0.05) is 0 Å². The van der Waals surface area contributed by atoms with Crippen LogP contribution in [0.1, 0.15) is 13.8 Å². The molecule has 0 saturated carbocycles. The maximum Gasteiger partial charge on any atom is 0.135 e. The highest BCUT2D eigenvalue weighted by molar-refractivity contribution is 9.36. The first kappa shape index (κ1) is 14.0. The first-order chi connectivity index (χ1) is 8.36. The fraction of sp³-hybridized carbons (Fsp3) is 0.400. The normalized spacial score (nSPS) is 14.9. The number of hydrogen-bond donors (Lipinski definition) is 0. The van der Waals surface area contributed by atoms with Crippen LogP contribution in [-0.2, 0) is 0 Å². The van der Waals surface area contributed by atoms with E-state index in [0.717, 1.165) is 11.5 Å². The van der Waals surface area contributed by atoms with E-state index in [2.05, 4.69) is 0 Å². The molecule has 0 aromatic heterocycles. The van der Waals surface area contributed by atoms with Gasteiger partial charge in [-0.3, -0.25) is 0 Å². The predicted molar refractivity (Wildman–Crippen MR) is 83.3 cm³/mol. The minimum atomic E-state index is 0.691. The first-order valence-corrected chi connectivity index (χ1v) is 11.3. The zero-order valence-corrected chi connectivity index (χ0v) is 13.5. The molecular formula is C10H12O2S5. The van der Waals surface area contributed by atoms with Crippen LogP contribution in [-0.4, -0.2) is 13.2 Å². The highest BCUT2D eigenvalue weighted by Gasteiger charge is 2.20. The van der Waals surface area contributed by atoms with Gasteiger partial charge in [-0.2, -0.15) is 0 Å². The third-order valence-corrected chi connectivity index (χ3v) is 10.4. The number of benzene rings is 1. The fourth-order valence-electron chi connectivity index (χ4n) is 1.33. The molecule has 0 spiro atoms. The number of fused-ring (bicyclic) bond motifs is 1. The van der Waals surface area contributed by atoms with Gasteiger partial charge in [-0.1, -0.05) is 0 Å². The Morgan fingerprint density at radius 2 is 1.29 bits per heavy atom. The SMILES string of the molecule is CCOc1ccc(OCC)c2c1SSSSS2. The lowest BCUT2D eigenvalue weighted by molar-refractivity contribution is 0.316. The van der Waals surface area contributed by atoms with Gasteiger partial charge in [0.05, 0.1) is 23.0 Å². The number of hydrogen-bond acceptors (Lipinski definition) is 7. The van der Waals surface area contributed by atoms with Crippen molar-refractivity contribution in [2.75, 3.05) is 13.2 Å². The van der Waals surface area contributed by atoms with Gasteiger partial charge in [0.2, 0.25) is 0 Å². The van der Waals surface area contributed by atoms with Crippen LogP contribution in [0.15, 0.2) is 21.9 Å². The summed E-state index contributed by atoms with van der Waals surface area (Å²) < 4.78 is 11.3. The van der Waals surface area contributed by atoms with Crippen molar-refractivity contribution in [3.63, 3.8) is 0 Å². The summed E-state index contributed by atoms with van der Waals surface area (Å²) in [6.07, 6.45) is 0. The van der Waals surface area contributed by atoms with E-state index < -0.39 is 0 Å². The van der Waals surface area contributed by atoms with Crippen molar-refractivity contribution in [3.8, 4) is 11.5 Å². The van der Waals surface area contributed by atoms with E-state index in [9.17, 15) is 0 Å². The largest absolute Gasteiger partial charge is 0.493 e. The van der Waals surface area contributed by atoms with E-state index in [0.29, 0.717) is 13.2 Å². The van der Waals surface area contributed by atoms with Gasteiger partial charge < -0.3 is 9.47 Å². The van der Waals surface area contributed by atoms with Gasteiger partial charge in [-0.25, -0.2) is 0 Å². The van der Waals surface area contributed by atoms with Gasteiger partial charge in [-0.05, 0) is 77.0 Å². The third-order valence-electron chi connectivity index (χ3n) is 1.93. The Kier molecular flexibility index (Phi) is 5.95. The summed E-state index contributed by atoms with van der Waals surface area (Å²) in [4.78, 5) is 2.37. The van der Waals surface area contributed by atoms with Crippen molar-refractivity contribution in [2.45, 2.75) is 23.6 Å². The molecule has 1 aromatic carbocycles. The monoisotopic (exact) mass is 324 g/mol. The van der Waals surface area contributed by atoms with Crippen molar-refractivity contribution >= 4 is 51.1 Å². The molecule has 0 N–H and O–H groups in total. The minimum absolute atomic E-state index is 0.691. The van der Waals surface area contributed by atoms with Gasteiger partial charge in [0.25, 0.3) is 0 Å². The molecule has 0 aliphatic carbocycles. The van der Waals surface area contributed by atoms with E-state index in [1.54, 1.807) is 51.1 Å². The summed E-state index contributed by atoms with van der Waals surface area (Å²) >= 11 is 0. The topological polar surface area (TPSA) is 18.5 Å². The summed E-state index contributed by atoms with van der Waals surface area (Å²) in [7, 11) is 8.80. The summed E-state index contributed by atoms with van der Waals surface area (Å²) in [5.74, 6) is 1.91. The molecule has 1 aliphatic heterocycles. The summed E-state index contributed by atoms with van der Waals surface area (Å²) in [6, 6.07) is 4.00. The molecule has 17 heavy (non-hydrogen) atoms. The van der Waals surface area contributed by atoms with E-state index >= 15 is 0 Å². The second kappa shape index (κ2) is 7.23. The highest BCUT2D eigenvalue weighted by atomic mass is 33.8. The predicted octanol–water partition coefficient (Wildman–Crippen LogP) is 5.54. The minimum Gasteiger partial charge on any atom is -0.493 e. The molecule has 2 nitrogen and oxygen atoms in total. The molecule has 0 unspecified atom stereocenters. The molecule has 1 aromatic rings. The van der Waals surface area contributed by atoms with Crippen molar-refractivity contribution in [3.05, 3.63) is 12.1 Å². The molecule has 0 bridgehead atoms. The van der Waals surface area contributed by atoms with Crippen LogP contribution in [0.2, 0.25) is 0 Å². The van der Waals surface area contributed by atoms with E-state index in [4.69, 9.17) is 9.47 Å². The molecule has 0 radical (unpaired) electrons. The third kappa shape index (κ3) is 3.53. The van der Waals surface area contributed by atoms with Crippen LogP contribution in [0.4, 0.5) is 0 Å². The average molecular weight is 325 g/mol. The van der Waals surface area contributed by atoms with E-state index in [1.165, 1.54) is 9.79 Å². The van der Waals surface area contributed by atoms with Crippen LogP contribution in [0.3, 0.4) is 0 Å². The van der Waals surface area contributed by atoms with E-state index in [-0.39, 0.29) is 0 Å². The summed E-state index contributed by atoms with van der Waals surface area (Å²) in [5.41, 5.74) is 0. The molecule has 0 fully saturated rings. The lowest BCUT2D eigenvalue weighted by Crippen LogP contribution is -1.97. The zero-order valence-electron chi connectivity index (χ0n) is 9.43. The second-order valence-corrected chi connectivity index (χ2v) is 10.4. The standard InChI is InChI=1S/C10H12O2S5/c1-3-11-7-5-6-8(12-4-2)10-9(7)13-15-17-16-14-10/h5-6H,3-4H2,1-2H3. The van der Waals surface area contributed by atoms with Gasteiger partial charge in [0.15, 0.2) is 0 Å². The molecule has 94 valence electrons. The molecule has 2 rings (SSSR count). The van der Waals surface area contributed by atoms with Crippen LogP contribution in [0, 0.1) is 0 Å². The Morgan fingerprint density at radius 1 is 0.824 bits per heavy atom. The Hall–Kier alpha value is 0.570. The molecule has 0 saturated heterocycles. The Labute approximate surface area is 120 Å². The quantitative estimate of drug-likeness (QED) is 0.668. The molecule has 1 aliphatic rings. The lowest BCUT2D eigenvalue weighted by Gasteiger charge is -2.14. The Balaban J connectivity index is 2.39. The van der Waals surface area contributed by atoms with Crippen molar-refractivity contribution in [1.82, 2.24) is 0 Å².